The number of nitrogens with one attached hydrogen (secondary N) is 1. The molecule has 0 radical (unpaired) electrons. The van der Waals surface area contributed by atoms with Gasteiger partial charge in [-0.05, 0) is 30.2 Å². The van der Waals surface area contributed by atoms with E-state index in [1.54, 1.807) is 17.7 Å². The van der Waals surface area contributed by atoms with Crippen LogP contribution in [-0.4, -0.2) is 6.54 Å². The summed E-state index contributed by atoms with van der Waals surface area (Å²) in [5.41, 5.74) is 3.69. The van der Waals surface area contributed by atoms with E-state index in [4.69, 9.17) is 11.6 Å². The molecule has 1 aromatic rings. The van der Waals surface area contributed by atoms with Gasteiger partial charge in [0.15, 0.2) is 0 Å². The Hall–Kier alpha value is -0.860. The van der Waals surface area contributed by atoms with Crippen molar-refractivity contribution in [1.82, 2.24) is 5.32 Å². The Bertz CT molecular complexity index is 306. The first-order valence-corrected chi connectivity index (χ1v) is 4.87. The molecule has 1 aromatic carbocycles. The van der Waals surface area contributed by atoms with Crippen molar-refractivity contribution in [3.63, 3.8) is 0 Å². The number of hydrogen-bond acceptors (Lipinski definition) is 1. The third-order valence-corrected chi connectivity index (χ3v) is 2.21. The van der Waals surface area contributed by atoms with Crippen LogP contribution >= 0.6 is 11.6 Å². The second-order valence-electron chi connectivity index (χ2n) is 3.19. The molecule has 0 fully saturated rings. The monoisotopic (exact) mass is 213 g/mol. The van der Waals surface area contributed by atoms with E-state index in [1.165, 1.54) is 12.1 Å². The predicted molar refractivity (Wildman–Crippen MR) is 57.7 cm³/mol. The van der Waals surface area contributed by atoms with Crippen LogP contribution in [0.4, 0.5) is 4.39 Å². The third-order valence-electron chi connectivity index (χ3n) is 1.83. The molecule has 0 saturated heterocycles. The molecule has 76 valence electrons. The molecule has 0 saturated carbocycles. The van der Waals surface area contributed by atoms with E-state index >= 15 is 0 Å². The van der Waals surface area contributed by atoms with E-state index in [9.17, 15) is 4.39 Å². The van der Waals surface area contributed by atoms with Gasteiger partial charge in [-0.25, -0.2) is 4.39 Å². The summed E-state index contributed by atoms with van der Waals surface area (Å²) in [6.07, 6.45) is 0. The fourth-order valence-corrected chi connectivity index (χ4v) is 1.12. The lowest BCUT2D eigenvalue weighted by molar-refractivity contribution is 0.626. The quantitative estimate of drug-likeness (QED) is 0.811. The van der Waals surface area contributed by atoms with Crippen molar-refractivity contribution >= 4 is 11.6 Å². The second-order valence-corrected chi connectivity index (χ2v) is 3.40. The molecule has 0 aliphatic rings. The van der Waals surface area contributed by atoms with Gasteiger partial charge in [-0.3, -0.25) is 0 Å². The van der Waals surface area contributed by atoms with Crippen LogP contribution < -0.4 is 5.32 Å². The first kappa shape index (κ1) is 11.2. The van der Waals surface area contributed by atoms with Gasteiger partial charge in [0.2, 0.25) is 0 Å². The molecule has 1 rings (SSSR count). The lowest BCUT2D eigenvalue weighted by Crippen LogP contribution is -2.15. The molecule has 3 heteroatoms. The third kappa shape index (κ3) is 3.90. The van der Waals surface area contributed by atoms with Crippen LogP contribution in [0.1, 0.15) is 12.5 Å². The fourth-order valence-electron chi connectivity index (χ4n) is 1.04. The Morgan fingerprint density at radius 2 is 2.07 bits per heavy atom. The maximum atomic E-state index is 12.5. The normalized spacial score (nSPS) is 11.8. The van der Waals surface area contributed by atoms with Gasteiger partial charge in [-0.15, -0.1) is 0 Å². The van der Waals surface area contributed by atoms with Gasteiger partial charge >= 0.3 is 0 Å². The minimum Gasteiger partial charge on any atom is -0.309 e. The summed E-state index contributed by atoms with van der Waals surface area (Å²) in [4.78, 5) is 0. The molecule has 0 spiro atoms. The first-order valence-electron chi connectivity index (χ1n) is 4.43. The van der Waals surface area contributed by atoms with Gasteiger partial charge in [0.25, 0.3) is 0 Å². The van der Waals surface area contributed by atoms with E-state index in [0.717, 1.165) is 24.2 Å². The average molecular weight is 214 g/mol. The summed E-state index contributed by atoms with van der Waals surface area (Å²) in [7, 11) is 0. The zero-order chi connectivity index (χ0) is 10.4. The number of halogens is 2. The molecule has 0 unspecified atom stereocenters. The molecule has 0 heterocycles. The van der Waals surface area contributed by atoms with Crippen LogP contribution in [-0.2, 0) is 6.54 Å². The summed E-state index contributed by atoms with van der Waals surface area (Å²) < 4.78 is 12.5. The Labute approximate surface area is 88.6 Å². The SMILES string of the molecule is C/C(=C/Cl)CNCc1ccc(F)cc1. The summed E-state index contributed by atoms with van der Waals surface area (Å²) in [5, 5.41) is 3.20. The highest BCUT2D eigenvalue weighted by atomic mass is 35.5. The predicted octanol–water partition coefficient (Wildman–Crippen LogP) is 3.06. The molecule has 0 amide bonds. The molecule has 1 N–H and O–H groups in total. The zero-order valence-corrected chi connectivity index (χ0v) is 8.81. The van der Waals surface area contributed by atoms with Gasteiger partial charge in [0.1, 0.15) is 5.82 Å². The minimum atomic E-state index is -0.203. The van der Waals surface area contributed by atoms with Gasteiger partial charge in [-0.1, -0.05) is 23.7 Å². The van der Waals surface area contributed by atoms with Crippen molar-refractivity contribution in [3.05, 3.63) is 46.8 Å². The largest absolute Gasteiger partial charge is 0.309 e. The van der Waals surface area contributed by atoms with E-state index in [-0.39, 0.29) is 5.82 Å². The summed E-state index contributed by atoms with van der Waals surface area (Å²) in [5.74, 6) is -0.203. The molecule has 0 bridgehead atoms. The van der Waals surface area contributed by atoms with E-state index < -0.39 is 0 Å². The highest BCUT2D eigenvalue weighted by molar-refractivity contribution is 6.25. The molecule has 14 heavy (non-hydrogen) atoms. The summed E-state index contributed by atoms with van der Waals surface area (Å²) in [6.45, 7) is 3.42. The van der Waals surface area contributed by atoms with Crippen molar-refractivity contribution in [2.24, 2.45) is 0 Å². The van der Waals surface area contributed by atoms with Crippen molar-refractivity contribution in [2.75, 3.05) is 6.54 Å². The van der Waals surface area contributed by atoms with E-state index in [0.29, 0.717) is 0 Å². The topological polar surface area (TPSA) is 12.0 Å². The van der Waals surface area contributed by atoms with Gasteiger partial charge in [-0.2, -0.15) is 0 Å². The molecule has 1 nitrogen and oxygen atoms in total. The Morgan fingerprint density at radius 3 is 2.64 bits per heavy atom. The number of benzene rings is 1. The van der Waals surface area contributed by atoms with Crippen LogP contribution in [0.15, 0.2) is 35.4 Å². The maximum Gasteiger partial charge on any atom is 0.123 e. The molecule has 0 aromatic heterocycles. The van der Waals surface area contributed by atoms with E-state index in [1.807, 2.05) is 6.92 Å². The van der Waals surface area contributed by atoms with Crippen LogP contribution in [0.25, 0.3) is 0 Å². The van der Waals surface area contributed by atoms with E-state index in [2.05, 4.69) is 5.32 Å². The first-order chi connectivity index (χ1) is 6.72. The lowest BCUT2D eigenvalue weighted by atomic mass is 10.2. The zero-order valence-electron chi connectivity index (χ0n) is 8.06. The van der Waals surface area contributed by atoms with Crippen LogP contribution in [0.2, 0.25) is 0 Å². The van der Waals surface area contributed by atoms with Gasteiger partial charge in [0.05, 0.1) is 0 Å². The van der Waals surface area contributed by atoms with Crippen molar-refractivity contribution in [3.8, 4) is 0 Å². The highest BCUT2D eigenvalue weighted by Crippen LogP contribution is 2.02. The number of hydrogen-bond donors (Lipinski definition) is 1. The molecule has 0 aliphatic carbocycles. The Morgan fingerprint density at radius 1 is 1.43 bits per heavy atom. The van der Waals surface area contributed by atoms with Crippen LogP contribution in [0.3, 0.4) is 0 Å². The van der Waals surface area contributed by atoms with Gasteiger partial charge in [0, 0.05) is 18.6 Å². The molecular formula is C11H13ClFN. The average Bonchev–Trinajstić information content (AvgIpc) is 2.21. The van der Waals surface area contributed by atoms with Crippen molar-refractivity contribution < 1.29 is 4.39 Å². The Kier molecular flexibility index (Phi) is 4.63. The van der Waals surface area contributed by atoms with Crippen LogP contribution in [0.5, 0.6) is 0 Å². The molecule has 0 aliphatic heterocycles. The van der Waals surface area contributed by atoms with Gasteiger partial charge < -0.3 is 5.32 Å². The lowest BCUT2D eigenvalue weighted by Gasteiger charge is -2.04. The molecule has 0 atom stereocenters. The summed E-state index contributed by atoms with van der Waals surface area (Å²) in [6, 6.07) is 6.45. The standard InChI is InChI=1S/C11H13ClFN/c1-9(6-12)7-14-8-10-2-4-11(13)5-3-10/h2-6,14H,7-8H2,1H3/b9-6-. The number of rotatable bonds is 4. The smallest absolute Gasteiger partial charge is 0.123 e. The Balaban J connectivity index is 2.35. The molecular weight excluding hydrogens is 201 g/mol. The van der Waals surface area contributed by atoms with Crippen LogP contribution in [0, 0.1) is 5.82 Å². The minimum absolute atomic E-state index is 0.203. The summed E-state index contributed by atoms with van der Waals surface area (Å²) >= 11 is 5.50. The second kappa shape index (κ2) is 5.78. The highest BCUT2D eigenvalue weighted by Gasteiger charge is 1.93. The maximum absolute atomic E-state index is 12.5. The van der Waals surface area contributed by atoms with Crippen molar-refractivity contribution in [2.45, 2.75) is 13.5 Å². The fraction of sp³-hybridized carbons (Fsp3) is 0.273. The van der Waals surface area contributed by atoms with Crippen molar-refractivity contribution in [1.29, 1.82) is 0 Å².